The van der Waals surface area contributed by atoms with E-state index in [2.05, 4.69) is 12.2 Å². The third-order valence-corrected chi connectivity index (χ3v) is 4.65. The quantitative estimate of drug-likeness (QED) is 0.866. The predicted octanol–water partition coefficient (Wildman–Crippen LogP) is 3.01. The molecule has 4 nitrogen and oxygen atoms in total. The van der Waals surface area contributed by atoms with E-state index in [1.165, 1.54) is 23.3 Å². The van der Waals surface area contributed by atoms with Crippen LogP contribution >= 0.6 is 11.3 Å². The number of nitrogens with one attached hydrogen (secondary N) is 1. The average molecular weight is 281 g/mol. The number of fused-ring (bicyclic) bond motifs is 1. The Balaban J connectivity index is 2.41. The summed E-state index contributed by atoms with van der Waals surface area (Å²) in [7, 11) is 1.38. The van der Waals surface area contributed by atoms with Gasteiger partial charge in [0.2, 0.25) is 5.91 Å². The fraction of sp³-hybridized carbons (Fsp3) is 0.571. The van der Waals surface area contributed by atoms with Crippen LogP contribution in [0.1, 0.15) is 47.5 Å². The molecule has 5 heteroatoms. The van der Waals surface area contributed by atoms with Crippen LogP contribution in [0.5, 0.6) is 0 Å². The van der Waals surface area contributed by atoms with Crippen LogP contribution in [0.3, 0.4) is 0 Å². The molecule has 0 unspecified atom stereocenters. The predicted molar refractivity (Wildman–Crippen MR) is 75.8 cm³/mol. The molecule has 0 spiro atoms. The summed E-state index contributed by atoms with van der Waals surface area (Å²) < 4.78 is 4.86. The highest BCUT2D eigenvalue weighted by molar-refractivity contribution is 7.17. The lowest BCUT2D eigenvalue weighted by Gasteiger charge is -2.18. The van der Waals surface area contributed by atoms with Crippen LogP contribution in [0.15, 0.2) is 0 Å². The van der Waals surface area contributed by atoms with E-state index in [0.717, 1.165) is 24.8 Å². The molecule has 1 aromatic rings. The van der Waals surface area contributed by atoms with Crippen LogP contribution in [-0.2, 0) is 22.4 Å². The van der Waals surface area contributed by atoms with E-state index >= 15 is 0 Å². The summed E-state index contributed by atoms with van der Waals surface area (Å²) in [5, 5.41) is 3.48. The fourth-order valence-corrected chi connectivity index (χ4v) is 3.79. The van der Waals surface area contributed by atoms with Crippen molar-refractivity contribution in [2.24, 2.45) is 5.92 Å². The topological polar surface area (TPSA) is 55.4 Å². The van der Waals surface area contributed by atoms with E-state index in [1.54, 1.807) is 6.92 Å². The van der Waals surface area contributed by atoms with Crippen molar-refractivity contribution < 1.29 is 14.3 Å². The molecule has 1 aliphatic rings. The molecule has 2 rings (SSSR count). The third-order valence-electron chi connectivity index (χ3n) is 3.48. The van der Waals surface area contributed by atoms with Gasteiger partial charge < -0.3 is 10.1 Å². The molecule has 0 bridgehead atoms. The second kappa shape index (κ2) is 5.74. The molecule has 1 amide bonds. The number of thiophene rings is 1. The van der Waals surface area contributed by atoms with Gasteiger partial charge in [0.1, 0.15) is 5.00 Å². The van der Waals surface area contributed by atoms with Crippen LogP contribution in [0.25, 0.3) is 0 Å². The summed E-state index contributed by atoms with van der Waals surface area (Å²) >= 11 is 1.52. The van der Waals surface area contributed by atoms with E-state index in [-0.39, 0.29) is 11.9 Å². The number of hydrogen-bond acceptors (Lipinski definition) is 4. The Morgan fingerprint density at radius 3 is 2.84 bits per heavy atom. The highest BCUT2D eigenvalue weighted by Crippen LogP contribution is 2.40. The van der Waals surface area contributed by atoms with Crippen LogP contribution in [0, 0.1) is 5.92 Å². The smallest absolute Gasteiger partial charge is 0.341 e. The number of amides is 1. The maximum absolute atomic E-state index is 12.0. The first kappa shape index (κ1) is 14.1. The monoisotopic (exact) mass is 281 g/mol. The minimum Gasteiger partial charge on any atom is -0.465 e. The van der Waals surface area contributed by atoms with E-state index in [9.17, 15) is 9.59 Å². The van der Waals surface area contributed by atoms with Gasteiger partial charge in [-0.3, -0.25) is 4.79 Å². The molecule has 1 atom stereocenters. The van der Waals surface area contributed by atoms with Crippen molar-refractivity contribution in [3.63, 3.8) is 0 Å². The zero-order valence-corrected chi connectivity index (χ0v) is 12.4. The maximum atomic E-state index is 12.0. The molecule has 1 aliphatic carbocycles. The molecule has 1 aromatic heterocycles. The number of esters is 1. The Labute approximate surface area is 117 Å². The van der Waals surface area contributed by atoms with Crippen LogP contribution in [0.4, 0.5) is 5.00 Å². The number of carbonyl (C=O) groups is 2. The SMILES string of the molecule is CCC(=O)Nc1sc2c(c1C(=O)OC)CC[C@@H](C)C2. The molecular formula is C14H19NO3S. The second-order valence-corrected chi connectivity index (χ2v) is 6.05. The lowest BCUT2D eigenvalue weighted by molar-refractivity contribution is -0.115. The fourth-order valence-electron chi connectivity index (χ4n) is 2.37. The normalized spacial score (nSPS) is 17.7. The van der Waals surface area contributed by atoms with E-state index in [1.807, 2.05) is 0 Å². The molecule has 0 saturated heterocycles. The molecule has 0 fully saturated rings. The number of anilines is 1. The van der Waals surface area contributed by atoms with Crippen LogP contribution in [0.2, 0.25) is 0 Å². The Hall–Kier alpha value is -1.36. The summed E-state index contributed by atoms with van der Waals surface area (Å²) in [6.07, 6.45) is 3.35. The van der Waals surface area contributed by atoms with Gasteiger partial charge in [-0.2, -0.15) is 0 Å². The Kier molecular flexibility index (Phi) is 4.24. The molecule has 0 aliphatic heterocycles. The largest absolute Gasteiger partial charge is 0.465 e. The minimum absolute atomic E-state index is 0.0724. The van der Waals surface area contributed by atoms with Gasteiger partial charge in [0.05, 0.1) is 12.7 Å². The minimum atomic E-state index is -0.349. The number of ether oxygens (including phenoxy) is 1. The van der Waals surface area contributed by atoms with Gasteiger partial charge in [0.15, 0.2) is 0 Å². The number of methoxy groups -OCH3 is 1. The van der Waals surface area contributed by atoms with Gasteiger partial charge in [0.25, 0.3) is 0 Å². The average Bonchev–Trinajstić information content (AvgIpc) is 2.74. The van der Waals surface area contributed by atoms with Crippen molar-refractivity contribution in [1.29, 1.82) is 0 Å². The van der Waals surface area contributed by atoms with Gasteiger partial charge >= 0.3 is 5.97 Å². The van der Waals surface area contributed by atoms with Gasteiger partial charge in [-0.1, -0.05) is 13.8 Å². The molecular weight excluding hydrogens is 262 g/mol. The second-order valence-electron chi connectivity index (χ2n) is 4.95. The molecule has 1 N–H and O–H groups in total. The highest BCUT2D eigenvalue weighted by Gasteiger charge is 2.28. The van der Waals surface area contributed by atoms with E-state index in [4.69, 9.17) is 4.74 Å². The first-order chi connectivity index (χ1) is 9.06. The van der Waals surface area contributed by atoms with Gasteiger partial charge in [-0.25, -0.2) is 4.79 Å². The summed E-state index contributed by atoms with van der Waals surface area (Å²) in [6.45, 7) is 4.01. The van der Waals surface area contributed by atoms with Crippen molar-refractivity contribution in [2.45, 2.75) is 39.5 Å². The summed E-state index contributed by atoms with van der Waals surface area (Å²) in [5.74, 6) is 0.210. The first-order valence-corrected chi connectivity index (χ1v) is 7.41. The Bertz CT molecular complexity index is 507. The van der Waals surface area contributed by atoms with Crippen molar-refractivity contribution in [1.82, 2.24) is 0 Å². The lowest BCUT2D eigenvalue weighted by atomic mass is 9.88. The molecule has 19 heavy (non-hydrogen) atoms. The first-order valence-electron chi connectivity index (χ1n) is 6.59. The molecule has 0 aromatic carbocycles. The summed E-state index contributed by atoms with van der Waals surface area (Å²) in [4.78, 5) is 24.7. The van der Waals surface area contributed by atoms with Crippen LogP contribution < -0.4 is 5.32 Å². The number of rotatable bonds is 3. The third kappa shape index (κ3) is 2.81. The number of carbonyl (C=O) groups excluding carboxylic acids is 2. The maximum Gasteiger partial charge on any atom is 0.341 e. The highest BCUT2D eigenvalue weighted by atomic mass is 32.1. The van der Waals surface area contributed by atoms with E-state index in [0.29, 0.717) is 22.9 Å². The number of hydrogen-bond donors (Lipinski definition) is 1. The molecule has 0 radical (unpaired) electrons. The molecule has 1 heterocycles. The molecule has 104 valence electrons. The summed E-state index contributed by atoms with van der Waals surface area (Å²) in [5.41, 5.74) is 1.64. The van der Waals surface area contributed by atoms with Gasteiger partial charge in [0, 0.05) is 11.3 Å². The van der Waals surface area contributed by atoms with Crippen molar-refractivity contribution in [2.75, 3.05) is 12.4 Å². The molecule has 0 saturated carbocycles. The zero-order valence-electron chi connectivity index (χ0n) is 11.5. The van der Waals surface area contributed by atoms with Crippen molar-refractivity contribution in [3.05, 3.63) is 16.0 Å². The standard InChI is InChI=1S/C14H19NO3S/c1-4-11(16)15-13-12(14(17)18-3)9-6-5-8(2)7-10(9)19-13/h8H,4-7H2,1-3H3,(H,15,16)/t8-/m1/s1. The van der Waals surface area contributed by atoms with E-state index < -0.39 is 0 Å². The van der Waals surface area contributed by atoms with Crippen molar-refractivity contribution >= 4 is 28.2 Å². The van der Waals surface area contributed by atoms with Gasteiger partial charge in [-0.05, 0) is 30.7 Å². The Morgan fingerprint density at radius 2 is 2.21 bits per heavy atom. The van der Waals surface area contributed by atoms with Gasteiger partial charge in [-0.15, -0.1) is 11.3 Å². The van der Waals surface area contributed by atoms with Crippen molar-refractivity contribution in [3.8, 4) is 0 Å². The lowest BCUT2D eigenvalue weighted by Crippen LogP contribution is -2.15. The van der Waals surface area contributed by atoms with Crippen LogP contribution in [-0.4, -0.2) is 19.0 Å². The summed E-state index contributed by atoms with van der Waals surface area (Å²) in [6, 6.07) is 0. The zero-order chi connectivity index (χ0) is 14.0. The Morgan fingerprint density at radius 1 is 1.47 bits per heavy atom.